The second kappa shape index (κ2) is 9.11. The number of hydrogen-bond donors (Lipinski definition) is 0. The van der Waals surface area contributed by atoms with Crippen molar-refractivity contribution in [2.75, 3.05) is 19.8 Å². The van der Waals surface area contributed by atoms with Crippen molar-refractivity contribution in [1.82, 2.24) is 9.80 Å². The van der Waals surface area contributed by atoms with Crippen LogP contribution in [0.15, 0.2) is 48.5 Å². The van der Waals surface area contributed by atoms with Crippen molar-refractivity contribution in [2.45, 2.75) is 31.8 Å². The Hall–Kier alpha value is -3.50. The molecular weight excluding hydrogens is 394 g/mol. The van der Waals surface area contributed by atoms with E-state index >= 15 is 0 Å². The number of amides is 3. The molecule has 2 aliphatic rings. The Morgan fingerprint density at radius 1 is 1.06 bits per heavy atom. The van der Waals surface area contributed by atoms with Gasteiger partial charge in [-0.05, 0) is 36.6 Å². The molecule has 1 saturated heterocycles. The van der Waals surface area contributed by atoms with Gasteiger partial charge in [-0.25, -0.2) is 0 Å². The molecule has 2 heterocycles. The largest absolute Gasteiger partial charge is 0.381 e. The first kappa shape index (κ1) is 20.8. The van der Waals surface area contributed by atoms with Crippen molar-refractivity contribution >= 4 is 17.7 Å². The molecule has 7 heteroatoms. The summed E-state index contributed by atoms with van der Waals surface area (Å²) in [7, 11) is 0. The predicted molar refractivity (Wildman–Crippen MR) is 112 cm³/mol. The second-order valence-corrected chi connectivity index (χ2v) is 7.69. The van der Waals surface area contributed by atoms with Crippen LogP contribution in [-0.2, 0) is 11.3 Å². The molecule has 0 radical (unpaired) electrons. The van der Waals surface area contributed by atoms with Crippen molar-refractivity contribution in [1.29, 1.82) is 5.26 Å². The number of nitrogens with zero attached hydrogens (tertiary/aromatic N) is 3. The Kier molecular flexibility index (Phi) is 6.10. The van der Waals surface area contributed by atoms with Gasteiger partial charge in [0.05, 0.1) is 30.2 Å². The molecule has 2 aromatic rings. The molecule has 0 spiro atoms. The first-order valence-corrected chi connectivity index (χ1v) is 10.4. The summed E-state index contributed by atoms with van der Waals surface area (Å²) >= 11 is 0. The first-order chi connectivity index (χ1) is 15.1. The lowest BCUT2D eigenvalue weighted by molar-refractivity contribution is 0.0296. The third-order valence-corrected chi connectivity index (χ3v) is 5.76. The minimum absolute atomic E-state index is 0.00485. The molecule has 7 nitrogen and oxygen atoms in total. The number of fused-ring (bicyclic) bond motifs is 1. The van der Waals surface area contributed by atoms with E-state index in [0.29, 0.717) is 43.7 Å². The minimum atomic E-state index is -0.395. The Bertz CT molecular complexity index is 1040. The van der Waals surface area contributed by atoms with Gasteiger partial charge < -0.3 is 9.64 Å². The van der Waals surface area contributed by atoms with Crippen LogP contribution in [0.25, 0.3) is 0 Å². The van der Waals surface area contributed by atoms with Gasteiger partial charge in [-0.15, -0.1) is 0 Å². The van der Waals surface area contributed by atoms with Gasteiger partial charge in [0.15, 0.2) is 0 Å². The molecule has 0 saturated carbocycles. The van der Waals surface area contributed by atoms with Gasteiger partial charge in [0.2, 0.25) is 0 Å². The van der Waals surface area contributed by atoms with Crippen LogP contribution in [0.3, 0.4) is 0 Å². The Balaban J connectivity index is 1.58. The maximum Gasteiger partial charge on any atom is 0.261 e. The second-order valence-electron chi connectivity index (χ2n) is 7.69. The molecule has 3 amide bonds. The van der Waals surface area contributed by atoms with Crippen LogP contribution < -0.4 is 0 Å². The van der Waals surface area contributed by atoms with Gasteiger partial charge in [0, 0.05) is 31.4 Å². The summed E-state index contributed by atoms with van der Waals surface area (Å²) in [5.74, 6) is -0.978. The van der Waals surface area contributed by atoms with Crippen LogP contribution in [0, 0.1) is 11.3 Å². The molecule has 0 unspecified atom stereocenters. The van der Waals surface area contributed by atoms with E-state index < -0.39 is 5.91 Å². The van der Waals surface area contributed by atoms with E-state index in [1.165, 1.54) is 11.0 Å². The van der Waals surface area contributed by atoms with Gasteiger partial charge in [-0.3, -0.25) is 19.3 Å². The smallest absolute Gasteiger partial charge is 0.261 e. The summed E-state index contributed by atoms with van der Waals surface area (Å²) in [4.78, 5) is 41.9. The van der Waals surface area contributed by atoms with Crippen molar-refractivity contribution in [3.63, 3.8) is 0 Å². The van der Waals surface area contributed by atoms with E-state index in [4.69, 9.17) is 10.00 Å². The zero-order valence-corrected chi connectivity index (χ0v) is 17.1. The van der Waals surface area contributed by atoms with E-state index in [-0.39, 0.29) is 36.4 Å². The number of hydrogen-bond acceptors (Lipinski definition) is 5. The van der Waals surface area contributed by atoms with Crippen LogP contribution in [0.2, 0.25) is 0 Å². The SMILES string of the molecule is N#CCCN(C(=O)c1ccc2c(c1)C(=O)N(Cc1ccccc1)C2=O)C1CCOCC1. The van der Waals surface area contributed by atoms with Crippen LogP contribution in [0.4, 0.5) is 0 Å². The molecule has 0 aromatic heterocycles. The molecule has 0 aliphatic carbocycles. The van der Waals surface area contributed by atoms with Gasteiger partial charge in [0.1, 0.15) is 0 Å². The number of ether oxygens (including phenoxy) is 1. The highest BCUT2D eigenvalue weighted by molar-refractivity contribution is 6.22. The Labute approximate surface area is 180 Å². The monoisotopic (exact) mass is 417 g/mol. The van der Waals surface area contributed by atoms with Gasteiger partial charge >= 0.3 is 0 Å². The zero-order chi connectivity index (χ0) is 21.8. The van der Waals surface area contributed by atoms with E-state index in [2.05, 4.69) is 6.07 Å². The van der Waals surface area contributed by atoms with Gasteiger partial charge in [0.25, 0.3) is 17.7 Å². The number of nitriles is 1. The summed E-state index contributed by atoms with van der Waals surface area (Å²) in [6.07, 6.45) is 1.66. The van der Waals surface area contributed by atoms with E-state index in [0.717, 1.165) is 5.56 Å². The summed E-state index contributed by atoms with van der Waals surface area (Å²) in [6.45, 7) is 1.66. The number of carbonyl (C=O) groups is 3. The highest BCUT2D eigenvalue weighted by Gasteiger charge is 2.36. The highest BCUT2D eigenvalue weighted by Crippen LogP contribution is 2.27. The van der Waals surface area contributed by atoms with Crippen LogP contribution in [-0.4, -0.2) is 53.3 Å². The Morgan fingerprint density at radius 2 is 1.77 bits per heavy atom. The van der Waals surface area contributed by atoms with Crippen molar-refractivity contribution in [2.24, 2.45) is 0 Å². The molecule has 0 N–H and O–H groups in total. The van der Waals surface area contributed by atoms with Crippen molar-refractivity contribution < 1.29 is 19.1 Å². The lowest BCUT2D eigenvalue weighted by Gasteiger charge is -2.34. The predicted octanol–water partition coefficient (Wildman–Crippen LogP) is 3.02. The van der Waals surface area contributed by atoms with E-state index in [1.807, 2.05) is 30.3 Å². The summed E-state index contributed by atoms with van der Waals surface area (Å²) in [5, 5.41) is 9.01. The molecule has 0 bridgehead atoms. The third-order valence-electron chi connectivity index (χ3n) is 5.76. The van der Waals surface area contributed by atoms with Gasteiger partial charge in [-0.1, -0.05) is 30.3 Å². The fraction of sp³-hybridized carbons (Fsp3) is 0.333. The van der Waals surface area contributed by atoms with Crippen molar-refractivity contribution in [3.8, 4) is 6.07 Å². The summed E-state index contributed by atoms with van der Waals surface area (Å²) < 4.78 is 5.40. The van der Waals surface area contributed by atoms with Crippen LogP contribution >= 0.6 is 0 Å². The molecule has 2 aliphatic heterocycles. The molecule has 1 fully saturated rings. The summed E-state index contributed by atoms with van der Waals surface area (Å²) in [6, 6.07) is 16.1. The molecule has 2 aromatic carbocycles. The standard InChI is InChI=1S/C24H23N3O4/c25-11-4-12-26(19-9-13-31-14-10-19)22(28)18-7-8-20-21(15-18)24(30)27(23(20)29)16-17-5-2-1-3-6-17/h1-3,5-8,15,19H,4,9-10,12-14,16H2. The first-order valence-electron chi connectivity index (χ1n) is 10.4. The molecule has 31 heavy (non-hydrogen) atoms. The molecule has 158 valence electrons. The number of rotatable bonds is 6. The van der Waals surface area contributed by atoms with Crippen molar-refractivity contribution in [3.05, 3.63) is 70.8 Å². The average molecular weight is 417 g/mol. The molecular formula is C24H23N3O4. The number of carbonyl (C=O) groups excluding carboxylic acids is 3. The maximum atomic E-state index is 13.3. The van der Waals surface area contributed by atoms with E-state index in [1.54, 1.807) is 17.0 Å². The molecule has 4 rings (SSSR count). The normalized spacial score (nSPS) is 16.2. The van der Waals surface area contributed by atoms with Gasteiger partial charge in [-0.2, -0.15) is 5.26 Å². The topological polar surface area (TPSA) is 90.7 Å². The van der Waals surface area contributed by atoms with Crippen LogP contribution in [0.5, 0.6) is 0 Å². The van der Waals surface area contributed by atoms with E-state index in [9.17, 15) is 14.4 Å². The van der Waals surface area contributed by atoms with Crippen LogP contribution in [0.1, 0.15) is 55.9 Å². The fourth-order valence-electron chi connectivity index (χ4n) is 4.12. The number of imide groups is 1. The molecule has 0 atom stereocenters. The Morgan fingerprint density at radius 3 is 2.48 bits per heavy atom. The average Bonchev–Trinajstić information content (AvgIpc) is 3.05. The third kappa shape index (κ3) is 4.21. The lowest BCUT2D eigenvalue weighted by atomic mass is 10.0. The maximum absolute atomic E-state index is 13.3. The number of benzene rings is 2. The highest BCUT2D eigenvalue weighted by atomic mass is 16.5. The fourth-order valence-corrected chi connectivity index (χ4v) is 4.12. The zero-order valence-electron chi connectivity index (χ0n) is 17.1. The lowest BCUT2D eigenvalue weighted by Crippen LogP contribution is -2.44. The quantitative estimate of drug-likeness (QED) is 0.674. The minimum Gasteiger partial charge on any atom is -0.381 e. The summed E-state index contributed by atoms with van der Waals surface area (Å²) in [5.41, 5.74) is 1.77.